The lowest BCUT2D eigenvalue weighted by Crippen LogP contribution is -2.45. The number of carbonyl (C=O) groups is 1. The number of rotatable bonds is 2. The summed E-state index contributed by atoms with van der Waals surface area (Å²) in [5.41, 5.74) is 0.863. The van der Waals surface area contributed by atoms with Gasteiger partial charge in [-0.25, -0.2) is 9.97 Å². The molecule has 0 saturated carbocycles. The third-order valence-corrected chi connectivity index (χ3v) is 4.82. The zero-order valence-electron chi connectivity index (χ0n) is 12.8. The number of amides is 1. The molecule has 0 radical (unpaired) electrons. The first-order valence-corrected chi connectivity index (χ1v) is 7.91. The smallest absolute Gasteiger partial charge is 0.222 e. The molecule has 22 heavy (non-hydrogen) atoms. The van der Waals surface area contributed by atoms with E-state index in [1.165, 1.54) is 0 Å². The predicted molar refractivity (Wildman–Crippen MR) is 82.5 cm³/mol. The molecule has 2 aromatic heterocycles. The molecule has 7 nitrogen and oxygen atoms in total. The third-order valence-electron chi connectivity index (χ3n) is 4.82. The van der Waals surface area contributed by atoms with Gasteiger partial charge in [0.05, 0.1) is 11.6 Å². The summed E-state index contributed by atoms with van der Waals surface area (Å²) in [6.45, 7) is 2.79. The largest absolute Gasteiger partial charge is 0.356 e. The summed E-state index contributed by atoms with van der Waals surface area (Å²) in [5, 5.41) is 5.27. The van der Waals surface area contributed by atoms with E-state index >= 15 is 0 Å². The summed E-state index contributed by atoms with van der Waals surface area (Å²) >= 11 is 0. The van der Waals surface area contributed by atoms with Gasteiger partial charge in [0.25, 0.3) is 0 Å². The van der Waals surface area contributed by atoms with E-state index in [-0.39, 0.29) is 0 Å². The lowest BCUT2D eigenvalue weighted by molar-refractivity contribution is -0.130. The van der Waals surface area contributed by atoms with E-state index in [0.717, 1.165) is 62.2 Å². The number of aromatic nitrogens is 4. The van der Waals surface area contributed by atoms with Gasteiger partial charge in [-0.3, -0.25) is 9.48 Å². The molecule has 0 aromatic carbocycles. The maximum Gasteiger partial charge on any atom is 0.222 e. The van der Waals surface area contributed by atoms with Crippen molar-refractivity contribution in [3.05, 3.63) is 12.5 Å². The molecule has 2 fully saturated rings. The molecule has 2 aliphatic heterocycles. The average molecular weight is 300 g/mol. The van der Waals surface area contributed by atoms with Crippen molar-refractivity contribution in [1.29, 1.82) is 0 Å². The number of hydrogen-bond acceptors (Lipinski definition) is 5. The summed E-state index contributed by atoms with van der Waals surface area (Å²) in [4.78, 5) is 25.0. The molecular weight excluding hydrogens is 280 g/mol. The molecule has 0 bridgehead atoms. The van der Waals surface area contributed by atoms with Crippen molar-refractivity contribution in [2.24, 2.45) is 7.05 Å². The average Bonchev–Trinajstić information content (AvgIpc) is 3.14. The lowest BCUT2D eigenvalue weighted by Gasteiger charge is -2.37. The van der Waals surface area contributed by atoms with E-state index in [2.05, 4.69) is 24.9 Å². The number of fused-ring (bicyclic) bond motifs is 1. The Morgan fingerprint density at radius 1 is 1.18 bits per heavy atom. The first-order chi connectivity index (χ1) is 10.7. The summed E-state index contributed by atoms with van der Waals surface area (Å²) < 4.78 is 1.77. The molecule has 4 heterocycles. The van der Waals surface area contributed by atoms with Crippen LogP contribution in [0.5, 0.6) is 0 Å². The SMILES string of the molecule is Cn1ncc2c(N3CCC(N4CCCC4=O)CC3)ncnc21. The molecule has 1 amide bonds. The maximum absolute atomic E-state index is 11.9. The number of carbonyl (C=O) groups excluding carboxylic acids is 1. The number of anilines is 1. The topological polar surface area (TPSA) is 67.2 Å². The van der Waals surface area contributed by atoms with Gasteiger partial charge < -0.3 is 9.80 Å². The van der Waals surface area contributed by atoms with Crippen molar-refractivity contribution in [3.8, 4) is 0 Å². The van der Waals surface area contributed by atoms with Gasteiger partial charge in [-0.05, 0) is 19.3 Å². The van der Waals surface area contributed by atoms with Crippen LogP contribution in [-0.2, 0) is 11.8 Å². The van der Waals surface area contributed by atoms with E-state index in [1.807, 2.05) is 13.2 Å². The number of nitrogens with zero attached hydrogens (tertiary/aromatic N) is 6. The van der Waals surface area contributed by atoms with Crippen LogP contribution < -0.4 is 4.90 Å². The Labute approximate surface area is 128 Å². The molecule has 0 aliphatic carbocycles. The van der Waals surface area contributed by atoms with Crippen LogP contribution in [0.15, 0.2) is 12.5 Å². The molecule has 2 aliphatic rings. The zero-order chi connectivity index (χ0) is 15.1. The van der Waals surface area contributed by atoms with Crippen LogP contribution in [0.4, 0.5) is 5.82 Å². The summed E-state index contributed by atoms with van der Waals surface area (Å²) in [6.07, 6.45) is 7.20. The van der Waals surface area contributed by atoms with Crippen LogP contribution >= 0.6 is 0 Å². The summed E-state index contributed by atoms with van der Waals surface area (Å²) in [5.74, 6) is 1.29. The highest BCUT2D eigenvalue weighted by molar-refractivity contribution is 5.86. The van der Waals surface area contributed by atoms with Crippen LogP contribution in [0.1, 0.15) is 25.7 Å². The van der Waals surface area contributed by atoms with E-state index in [9.17, 15) is 4.79 Å². The first kappa shape index (κ1) is 13.5. The second kappa shape index (κ2) is 5.23. The van der Waals surface area contributed by atoms with Crippen molar-refractivity contribution in [2.75, 3.05) is 24.5 Å². The highest BCUT2D eigenvalue weighted by Crippen LogP contribution is 2.28. The number of piperidine rings is 1. The van der Waals surface area contributed by atoms with Crippen LogP contribution in [0.3, 0.4) is 0 Å². The number of hydrogen-bond donors (Lipinski definition) is 0. The highest BCUT2D eigenvalue weighted by Gasteiger charge is 2.31. The van der Waals surface area contributed by atoms with E-state index in [1.54, 1.807) is 11.0 Å². The fourth-order valence-electron chi connectivity index (χ4n) is 3.65. The Balaban J connectivity index is 1.52. The highest BCUT2D eigenvalue weighted by atomic mass is 16.2. The number of aryl methyl sites for hydroxylation is 1. The van der Waals surface area contributed by atoms with E-state index < -0.39 is 0 Å². The fraction of sp³-hybridized carbons (Fsp3) is 0.600. The van der Waals surface area contributed by atoms with Crippen molar-refractivity contribution in [1.82, 2.24) is 24.6 Å². The minimum atomic E-state index is 0.329. The van der Waals surface area contributed by atoms with Gasteiger partial charge in [-0.2, -0.15) is 5.10 Å². The standard InChI is InChI=1S/C15H20N6O/c1-19-14-12(9-18-19)15(17-10-16-14)20-7-4-11(5-8-20)21-6-2-3-13(21)22/h9-11H,2-8H2,1H3. The molecule has 7 heteroatoms. The minimum Gasteiger partial charge on any atom is -0.356 e. The molecule has 2 aromatic rings. The van der Waals surface area contributed by atoms with Gasteiger partial charge in [-0.15, -0.1) is 0 Å². The van der Waals surface area contributed by atoms with Crippen LogP contribution in [-0.4, -0.2) is 56.2 Å². The first-order valence-electron chi connectivity index (χ1n) is 7.91. The molecule has 2 saturated heterocycles. The van der Waals surface area contributed by atoms with Crippen molar-refractivity contribution in [3.63, 3.8) is 0 Å². The minimum absolute atomic E-state index is 0.329. The second-order valence-corrected chi connectivity index (χ2v) is 6.11. The van der Waals surface area contributed by atoms with Gasteiger partial charge in [0.2, 0.25) is 5.91 Å². The normalized spacial score (nSPS) is 20.3. The van der Waals surface area contributed by atoms with Crippen molar-refractivity contribution >= 4 is 22.8 Å². The van der Waals surface area contributed by atoms with Gasteiger partial charge >= 0.3 is 0 Å². The molecule has 4 rings (SSSR count). The molecule has 0 atom stereocenters. The van der Waals surface area contributed by atoms with E-state index in [4.69, 9.17) is 0 Å². The fourth-order valence-corrected chi connectivity index (χ4v) is 3.65. The van der Waals surface area contributed by atoms with Gasteiger partial charge in [0.1, 0.15) is 12.1 Å². The quantitative estimate of drug-likeness (QED) is 0.826. The third kappa shape index (κ3) is 2.12. The Bertz CT molecular complexity index is 703. The Hall–Kier alpha value is -2.18. The Kier molecular flexibility index (Phi) is 3.20. The molecule has 116 valence electrons. The van der Waals surface area contributed by atoms with Gasteiger partial charge in [0, 0.05) is 39.1 Å². The molecule has 0 N–H and O–H groups in total. The lowest BCUT2D eigenvalue weighted by atomic mass is 10.0. The Morgan fingerprint density at radius 2 is 2.00 bits per heavy atom. The van der Waals surface area contributed by atoms with Crippen LogP contribution in [0.2, 0.25) is 0 Å². The number of likely N-dealkylation sites (tertiary alicyclic amines) is 1. The van der Waals surface area contributed by atoms with Crippen molar-refractivity contribution in [2.45, 2.75) is 31.7 Å². The second-order valence-electron chi connectivity index (χ2n) is 6.11. The molecular formula is C15H20N6O. The van der Waals surface area contributed by atoms with E-state index in [0.29, 0.717) is 11.9 Å². The van der Waals surface area contributed by atoms with Gasteiger partial charge in [-0.1, -0.05) is 0 Å². The monoisotopic (exact) mass is 300 g/mol. The maximum atomic E-state index is 11.9. The predicted octanol–water partition coefficient (Wildman–Crippen LogP) is 0.954. The summed E-state index contributed by atoms with van der Waals surface area (Å²) in [7, 11) is 1.89. The summed E-state index contributed by atoms with van der Waals surface area (Å²) in [6, 6.07) is 0.400. The zero-order valence-corrected chi connectivity index (χ0v) is 12.8. The molecule has 0 unspecified atom stereocenters. The van der Waals surface area contributed by atoms with Gasteiger partial charge in [0.15, 0.2) is 5.65 Å². The Morgan fingerprint density at radius 3 is 2.73 bits per heavy atom. The molecule has 0 spiro atoms. The van der Waals surface area contributed by atoms with Crippen LogP contribution in [0.25, 0.3) is 11.0 Å². The van der Waals surface area contributed by atoms with Crippen LogP contribution in [0, 0.1) is 0 Å². The van der Waals surface area contributed by atoms with Crippen molar-refractivity contribution < 1.29 is 4.79 Å².